The first-order valence-corrected chi connectivity index (χ1v) is 5.22. The summed E-state index contributed by atoms with van der Waals surface area (Å²) in [5, 5.41) is 11.7. The fourth-order valence-corrected chi connectivity index (χ4v) is 1.48. The minimum absolute atomic E-state index is 0.0723. The largest absolute Gasteiger partial charge is 0.508 e. The lowest BCUT2D eigenvalue weighted by atomic mass is 10.1. The van der Waals surface area contributed by atoms with Crippen LogP contribution in [0.2, 0.25) is 0 Å². The summed E-state index contributed by atoms with van der Waals surface area (Å²) in [7, 11) is 0. The highest BCUT2D eigenvalue weighted by molar-refractivity contribution is 6.07. The average Bonchev–Trinajstić information content (AvgIpc) is 2.35. The van der Waals surface area contributed by atoms with Crippen molar-refractivity contribution in [3.8, 4) is 5.75 Å². The Morgan fingerprint density at radius 3 is 2.50 bits per heavy atom. The van der Waals surface area contributed by atoms with Gasteiger partial charge in [-0.05, 0) is 36.4 Å². The van der Waals surface area contributed by atoms with Crippen LogP contribution in [0.15, 0.2) is 42.5 Å². The van der Waals surface area contributed by atoms with Gasteiger partial charge in [0.15, 0.2) is 0 Å². The standard InChI is InChI=1S/C13H11FN2O2/c14-11-3-1-2-10(12(11)15)13(18)16-8-4-6-9(17)7-5-8/h1-7,17H,15H2,(H,16,18). The number of amides is 1. The zero-order valence-corrected chi connectivity index (χ0v) is 9.35. The molecule has 1 amide bonds. The lowest BCUT2D eigenvalue weighted by Crippen LogP contribution is -2.14. The number of hydrogen-bond donors (Lipinski definition) is 3. The quantitative estimate of drug-likeness (QED) is 0.562. The van der Waals surface area contributed by atoms with E-state index in [4.69, 9.17) is 10.8 Å². The van der Waals surface area contributed by atoms with Crippen LogP contribution in [0.1, 0.15) is 10.4 Å². The molecular formula is C13H11FN2O2. The van der Waals surface area contributed by atoms with Crippen molar-refractivity contribution in [3.63, 3.8) is 0 Å². The van der Waals surface area contributed by atoms with Crippen LogP contribution in [0.25, 0.3) is 0 Å². The second-order valence-corrected chi connectivity index (χ2v) is 3.70. The Labute approximate surface area is 103 Å². The van der Waals surface area contributed by atoms with Crippen LogP contribution < -0.4 is 11.1 Å². The summed E-state index contributed by atoms with van der Waals surface area (Å²) in [4.78, 5) is 11.9. The van der Waals surface area contributed by atoms with Gasteiger partial charge in [-0.25, -0.2) is 4.39 Å². The van der Waals surface area contributed by atoms with Crippen molar-refractivity contribution in [1.29, 1.82) is 0 Å². The lowest BCUT2D eigenvalue weighted by molar-refractivity contribution is 0.102. The van der Waals surface area contributed by atoms with E-state index in [9.17, 15) is 9.18 Å². The Morgan fingerprint density at radius 2 is 1.83 bits per heavy atom. The lowest BCUT2D eigenvalue weighted by Gasteiger charge is -2.08. The molecule has 92 valence electrons. The van der Waals surface area contributed by atoms with Gasteiger partial charge >= 0.3 is 0 Å². The van der Waals surface area contributed by atoms with E-state index in [1.807, 2.05) is 0 Å². The molecule has 18 heavy (non-hydrogen) atoms. The minimum atomic E-state index is -0.631. The molecule has 0 aliphatic rings. The normalized spacial score (nSPS) is 10.1. The van der Waals surface area contributed by atoms with Crippen LogP contribution in [-0.2, 0) is 0 Å². The Balaban J connectivity index is 2.22. The predicted octanol–water partition coefficient (Wildman–Crippen LogP) is 2.37. The van der Waals surface area contributed by atoms with E-state index < -0.39 is 11.7 Å². The SMILES string of the molecule is Nc1c(F)cccc1C(=O)Nc1ccc(O)cc1. The number of phenols is 1. The first kappa shape index (κ1) is 11.9. The summed E-state index contributed by atoms with van der Waals surface area (Å²) in [5.41, 5.74) is 5.86. The molecule has 0 heterocycles. The second-order valence-electron chi connectivity index (χ2n) is 3.70. The number of nitrogens with one attached hydrogen (secondary N) is 1. The van der Waals surface area contributed by atoms with E-state index >= 15 is 0 Å². The number of halogens is 1. The van der Waals surface area contributed by atoms with E-state index in [1.165, 1.54) is 42.5 Å². The number of para-hydroxylation sites is 1. The summed E-state index contributed by atoms with van der Waals surface area (Å²) in [6.45, 7) is 0. The van der Waals surface area contributed by atoms with E-state index in [2.05, 4.69) is 5.32 Å². The summed E-state index contributed by atoms with van der Waals surface area (Å²) in [5.74, 6) is -1.04. The highest BCUT2D eigenvalue weighted by Crippen LogP contribution is 2.19. The van der Waals surface area contributed by atoms with E-state index in [0.29, 0.717) is 5.69 Å². The maximum atomic E-state index is 13.2. The number of benzene rings is 2. The smallest absolute Gasteiger partial charge is 0.257 e. The molecule has 0 aromatic heterocycles. The van der Waals surface area contributed by atoms with E-state index in [-0.39, 0.29) is 17.0 Å². The summed E-state index contributed by atoms with van der Waals surface area (Å²) < 4.78 is 13.2. The van der Waals surface area contributed by atoms with Gasteiger partial charge in [-0.3, -0.25) is 4.79 Å². The van der Waals surface area contributed by atoms with Gasteiger partial charge in [0, 0.05) is 5.69 Å². The third-order valence-corrected chi connectivity index (χ3v) is 2.42. The van der Waals surface area contributed by atoms with Crippen molar-refractivity contribution in [2.75, 3.05) is 11.1 Å². The zero-order chi connectivity index (χ0) is 13.1. The molecule has 0 unspecified atom stereocenters. The highest BCUT2D eigenvalue weighted by Gasteiger charge is 2.12. The van der Waals surface area contributed by atoms with Crippen molar-refractivity contribution in [1.82, 2.24) is 0 Å². The molecule has 5 heteroatoms. The van der Waals surface area contributed by atoms with Crippen LogP contribution in [0, 0.1) is 5.82 Å². The molecule has 2 rings (SSSR count). The first-order valence-electron chi connectivity index (χ1n) is 5.22. The number of hydrogen-bond acceptors (Lipinski definition) is 3. The van der Waals surface area contributed by atoms with Crippen LogP contribution in [0.5, 0.6) is 5.75 Å². The Bertz CT molecular complexity index is 582. The molecular weight excluding hydrogens is 235 g/mol. The molecule has 4 N–H and O–H groups in total. The van der Waals surface area contributed by atoms with Gasteiger partial charge in [-0.1, -0.05) is 6.07 Å². The molecule has 0 saturated carbocycles. The van der Waals surface area contributed by atoms with Crippen molar-refractivity contribution >= 4 is 17.3 Å². The molecule has 0 fully saturated rings. The van der Waals surface area contributed by atoms with Gasteiger partial charge in [-0.2, -0.15) is 0 Å². The molecule has 2 aromatic rings. The number of phenolic OH excluding ortho intramolecular Hbond substituents is 1. The van der Waals surface area contributed by atoms with Gasteiger partial charge < -0.3 is 16.2 Å². The molecule has 0 saturated heterocycles. The Hall–Kier alpha value is -2.56. The maximum absolute atomic E-state index is 13.2. The van der Waals surface area contributed by atoms with Crippen molar-refractivity contribution in [2.45, 2.75) is 0 Å². The first-order chi connectivity index (χ1) is 8.58. The molecule has 0 aliphatic heterocycles. The van der Waals surface area contributed by atoms with E-state index in [1.54, 1.807) is 0 Å². The van der Waals surface area contributed by atoms with Gasteiger partial charge in [0.2, 0.25) is 0 Å². The molecule has 0 spiro atoms. The van der Waals surface area contributed by atoms with Crippen LogP contribution in [0.3, 0.4) is 0 Å². The van der Waals surface area contributed by atoms with Crippen LogP contribution in [0.4, 0.5) is 15.8 Å². The second kappa shape index (κ2) is 4.75. The van der Waals surface area contributed by atoms with Crippen molar-refractivity contribution in [3.05, 3.63) is 53.8 Å². The summed E-state index contributed by atoms with van der Waals surface area (Å²) >= 11 is 0. The van der Waals surface area contributed by atoms with E-state index in [0.717, 1.165) is 0 Å². The van der Waals surface area contributed by atoms with Crippen LogP contribution in [-0.4, -0.2) is 11.0 Å². The number of nitrogens with two attached hydrogens (primary N) is 1. The number of carbonyl (C=O) groups is 1. The molecule has 0 radical (unpaired) electrons. The van der Waals surface area contributed by atoms with Crippen molar-refractivity contribution in [2.24, 2.45) is 0 Å². The maximum Gasteiger partial charge on any atom is 0.257 e. The van der Waals surface area contributed by atoms with Gasteiger partial charge in [0.1, 0.15) is 11.6 Å². The van der Waals surface area contributed by atoms with Gasteiger partial charge in [0.25, 0.3) is 5.91 Å². The summed E-state index contributed by atoms with van der Waals surface area (Å²) in [6.07, 6.45) is 0. The Morgan fingerprint density at radius 1 is 1.17 bits per heavy atom. The van der Waals surface area contributed by atoms with Gasteiger partial charge in [-0.15, -0.1) is 0 Å². The number of anilines is 2. The predicted molar refractivity (Wildman–Crippen MR) is 66.9 cm³/mol. The molecule has 0 bridgehead atoms. The number of carbonyl (C=O) groups excluding carboxylic acids is 1. The van der Waals surface area contributed by atoms with Gasteiger partial charge in [0.05, 0.1) is 11.3 Å². The topological polar surface area (TPSA) is 75.4 Å². The number of nitrogen functional groups attached to an aromatic ring is 1. The molecule has 0 atom stereocenters. The number of aromatic hydroxyl groups is 1. The monoisotopic (exact) mass is 246 g/mol. The molecule has 4 nitrogen and oxygen atoms in total. The molecule has 0 aliphatic carbocycles. The van der Waals surface area contributed by atoms with Crippen LogP contribution >= 0.6 is 0 Å². The Kier molecular flexibility index (Phi) is 3.14. The number of rotatable bonds is 2. The highest BCUT2D eigenvalue weighted by atomic mass is 19.1. The summed E-state index contributed by atoms with van der Waals surface area (Å²) in [6, 6.07) is 9.97. The third-order valence-electron chi connectivity index (χ3n) is 2.42. The average molecular weight is 246 g/mol. The molecule has 2 aromatic carbocycles. The minimum Gasteiger partial charge on any atom is -0.508 e. The van der Waals surface area contributed by atoms with Crippen molar-refractivity contribution < 1.29 is 14.3 Å². The third kappa shape index (κ3) is 2.40. The fourth-order valence-electron chi connectivity index (χ4n) is 1.48. The fraction of sp³-hybridized carbons (Fsp3) is 0. The zero-order valence-electron chi connectivity index (χ0n) is 9.35.